The van der Waals surface area contributed by atoms with Gasteiger partial charge in [0.05, 0.1) is 24.7 Å². The van der Waals surface area contributed by atoms with Gasteiger partial charge >= 0.3 is 5.97 Å². The van der Waals surface area contributed by atoms with Crippen LogP contribution in [0.1, 0.15) is 68.5 Å². The molecule has 1 aromatic rings. The zero-order chi connectivity index (χ0) is 20.9. The molecule has 2 fully saturated rings. The third-order valence-electron chi connectivity index (χ3n) is 7.66. The molecular weight excluding hydrogens is 374 g/mol. The molecule has 3 aliphatic rings. The molecule has 0 spiro atoms. The summed E-state index contributed by atoms with van der Waals surface area (Å²) in [6.45, 7) is 2.06. The summed E-state index contributed by atoms with van der Waals surface area (Å²) in [5.74, 6) is -0.601. The van der Waals surface area contributed by atoms with Crippen LogP contribution >= 0.6 is 0 Å². The second kappa shape index (κ2) is 7.29. The van der Waals surface area contributed by atoms with Crippen molar-refractivity contribution in [1.82, 2.24) is 5.32 Å². The van der Waals surface area contributed by atoms with Crippen molar-refractivity contribution in [2.24, 2.45) is 17.3 Å². The standard InChI is InChI=1S/C22H29NO6/c1-22-7-6-13-12-3-2-11(24)8-15(12)17(23-19(26)4-5-20(27)28)9-14(13)16(22)10-18(25)21(22)29/h2-3,8,13-14,16-18,21,24-25,29H,4-7,9-10H2,1H3,(H,23,26)(H,27,28)/t13-,14-,16+,17-,18-,21+,22+/m1/s1. The van der Waals surface area contributed by atoms with Crippen LogP contribution in [0.5, 0.6) is 5.75 Å². The van der Waals surface area contributed by atoms with Gasteiger partial charge < -0.3 is 25.7 Å². The van der Waals surface area contributed by atoms with Gasteiger partial charge in [0.2, 0.25) is 5.91 Å². The summed E-state index contributed by atoms with van der Waals surface area (Å²) >= 11 is 0. The predicted octanol–water partition coefficient (Wildman–Crippen LogP) is 2.06. The Labute approximate surface area is 169 Å². The lowest BCUT2D eigenvalue weighted by Crippen LogP contribution is -2.46. The molecule has 7 heteroatoms. The van der Waals surface area contributed by atoms with E-state index in [0.29, 0.717) is 12.8 Å². The lowest BCUT2D eigenvalue weighted by Gasteiger charge is -2.51. The zero-order valence-corrected chi connectivity index (χ0v) is 16.5. The average molecular weight is 403 g/mol. The van der Waals surface area contributed by atoms with Crippen LogP contribution < -0.4 is 5.32 Å². The Balaban J connectivity index is 1.65. The number of aromatic hydroxyl groups is 1. The van der Waals surface area contributed by atoms with Crippen molar-refractivity contribution in [2.75, 3.05) is 0 Å². The molecule has 29 heavy (non-hydrogen) atoms. The first-order chi connectivity index (χ1) is 13.7. The first-order valence-electron chi connectivity index (χ1n) is 10.4. The van der Waals surface area contributed by atoms with Gasteiger partial charge in [0, 0.05) is 6.42 Å². The first-order valence-corrected chi connectivity index (χ1v) is 10.4. The van der Waals surface area contributed by atoms with Gasteiger partial charge in [-0.3, -0.25) is 9.59 Å². The molecule has 0 aromatic heterocycles. The number of rotatable bonds is 4. The van der Waals surface area contributed by atoms with E-state index in [1.807, 2.05) is 6.07 Å². The number of phenols is 1. The van der Waals surface area contributed by atoms with Crippen molar-refractivity contribution in [3.05, 3.63) is 29.3 Å². The van der Waals surface area contributed by atoms with E-state index >= 15 is 0 Å². The van der Waals surface area contributed by atoms with E-state index in [0.717, 1.165) is 24.0 Å². The fourth-order valence-corrected chi connectivity index (χ4v) is 6.21. The summed E-state index contributed by atoms with van der Waals surface area (Å²) in [7, 11) is 0. The van der Waals surface area contributed by atoms with E-state index in [4.69, 9.17) is 5.11 Å². The minimum atomic E-state index is -1.01. The van der Waals surface area contributed by atoms with Gasteiger partial charge in [-0.1, -0.05) is 13.0 Å². The summed E-state index contributed by atoms with van der Waals surface area (Å²) < 4.78 is 0. The molecule has 0 saturated heterocycles. The Bertz CT molecular complexity index is 826. The van der Waals surface area contributed by atoms with Crippen molar-refractivity contribution in [3.63, 3.8) is 0 Å². The van der Waals surface area contributed by atoms with Gasteiger partial charge in [0.1, 0.15) is 5.75 Å². The largest absolute Gasteiger partial charge is 0.508 e. The van der Waals surface area contributed by atoms with E-state index < -0.39 is 18.2 Å². The Kier molecular flexibility index (Phi) is 5.07. The number of amides is 1. The van der Waals surface area contributed by atoms with Crippen molar-refractivity contribution < 1.29 is 30.0 Å². The molecule has 158 valence electrons. The Hall–Kier alpha value is -2.12. The number of phenolic OH excluding ortho intramolecular Hbond substituents is 1. The number of carbonyl (C=O) groups is 2. The number of aliphatic hydroxyl groups is 2. The summed E-state index contributed by atoms with van der Waals surface area (Å²) in [6, 6.07) is 4.95. The highest BCUT2D eigenvalue weighted by Gasteiger charge is 2.58. The quantitative estimate of drug-likeness (QED) is 0.524. The molecule has 5 N–H and O–H groups in total. The number of carbonyl (C=O) groups excluding carboxylic acids is 1. The highest BCUT2D eigenvalue weighted by Crippen LogP contribution is 2.62. The van der Waals surface area contributed by atoms with Gasteiger partial charge in [-0.15, -0.1) is 0 Å². The fraction of sp³-hybridized carbons (Fsp3) is 0.636. The number of nitrogens with one attached hydrogen (secondary N) is 1. The third kappa shape index (κ3) is 3.40. The van der Waals surface area contributed by atoms with Crippen LogP contribution in [0.2, 0.25) is 0 Å². The number of hydrogen-bond acceptors (Lipinski definition) is 5. The van der Waals surface area contributed by atoms with Gasteiger partial charge in [-0.05, 0) is 72.1 Å². The van der Waals surface area contributed by atoms with Crippen molar-refractivity contribution in [3.8, 4) is 5.75 Å². The highest BCUT2D eigenvalue weighted by molar-refractivity contribution is 5.81. The number of fused-ring (bicyclic) bond motifs is 5. The fourth-order valence-electron chi connectivity index (χ4n) is 6.21. The number of hydrogen-bond donors (Lipinski definition) is 5. The van der Waals surface area contributed by atoms with E-state index in [1.54, 1.807) is 12.1 Å². The second-order valence-electron chi connectivity index (χ2n) is 9.23. The molecule has 0 unspecified atom stereocenters. The van der Waals surface area contributed by atoms with Gasteiger partial charge in [-0.2, -0.15) is 0 Å². The van der Waals surface area contributed by atoms with E-state index in [2.05, 4.69) is 12.2 Å². The number of aliphatic carboxylic acids is 1. The molecule has 0 aliphatic heterocycles. The minimum absolute atomic E-state index is 0.0906. The van der Waals surface area contributed by atoms with Gasteiger partial charge in [-0.25, -0.2) is 0 Å². The van der Waals surface area contributed by atoms with Crippen LogP contribution in [0.15, 0.2) is 18.2 Å². The highest BCUT2D eigenvalue weighted by atomic mass is 16.4. The van der Waals surface area contributed by atoms with Crippen LogP contribution in [0.25, 0.3) is 0 Å². The van der Waals surface area contributed by atoms with E-state index in [1.165, 1.54) is 0 Å². The monoisotopic (exact) mass is 403 g/mol. The van der Waals surface area contributed by atoms with Crippen LogP contribution in [-0.2, 0) is 9.59 Å². The lowest BCUT2D eigenvalue weighted by molar-refractivity contribution is -0.139. The van der Waals surface area contributed by atoms with Gasteiger partial charge in [0.15, 0.2) is 0 Å². The van der Waals surface area contributed by atoms with Crippen molar-refractivity contribution >= 4 is 11.9 Å². The minimum Gasteiger partial charge on any atom is -0.508 e. The SMILES string of the molecule is C[C@]12CC[C@@H]3c4ccc(O)cc4[C@H](NC(=O)CCC(=O)O)C[C@H]3[C@@H]1C[C@@H](O)[C@@H]2O. The maximum Gasteiger partial charge on any atom is 0.303 e. The molecule has 0 bridgehead atoms. The molecular formula is C22H29NO6. The maximum absolute atomic E-state index is 12.3. The number of carboxylic acid groups (broad SMARTS) is 1. The molecule has 2 saturated carbocycles. The summed E-state index contributed by atoms with van der Waals surface area (Å²) in [5.41, 5.74) is 1.64. The van der Waals surface area contributed by atoms with E-state index in [9.17, 15) is 24.9 Å². The van der Waals surface area contributed by atoms with Gasteiger partial charge in [0.25, 0.3) is 0 Å². The molecule has 7 nitrogen and oxygen atoms in total. The molecule has 3 aliphatic carbocycles. The topological polar surface area (TPSA) is 127 Å². The normalized spacial score (nSPS) is 37.9. The first kappa shape index (κ1) is 20.2. The maximum atomic E-state index is 12.3. The Morgan fingerprint density at radius 3 is 2.66 bits per heavy atom. The molecule has 0 radical (unpaired) electrons. The molecule has 1 amide bonds. The smallest absolute Gasteiger partial charge is 0.303 e. The second-order valence-corrected chi connectivity index (χ2v) is 9.23. The van der Waals surface area contributed by atoms with Crippen LogP contribution in [0, 0.1) is 17.3 Å². The van der Waals surface area contributed by atoms with Crippen LogP contribution in [0.4, 0.5) is 0 Å². The summed E-state index contributed by atoms with van der Waals surface area (Å²) in [5, 5.41) is 42.8. The van der Waals surface area contributed by atoms with Crippen molar-refractivity contribution in [1.29, 1.82) is 0 Å². The van der Waals surface area contributed by atoms with Crippen LogP contribution in [-0.4, -0.2) is 44.5 Å². The van der Waals surface area contributed by atoms with Crippen molar-refractivity contribution in [2.45, 2.75) is 69.6 Å². The zero-order valence-electron chi connectivity index (χ0n) is 16.5. The summed E-state index contributed by atoms with van der Waals surface area (Å²) in [6.07, 6.45) is 1.13. The third-order valence-corrected chi connectivity index (χ3v) is 7.66. The molecule has 7 atom stereocenters. The molecule has 0 heterocycles. The van der Waals surface area contributed by atoms with E-state index in [-0.39, 0.29) is 53.7 Å². The Morgan fingerprint density at radius 1 is 1.17 bits per heavy atom. The van der Waals surface area contributed by atoms with Crippen LogP contribution in [0.3, 0.4) is 0 Å². The molecule has 4 rings (SSSR count). The average Bonchev–Trinajstić information content (AvgIpc) is 2.90. The number of carboxylic acids is 1. The summed E-state index contributed by atoms with van der Waals surface area (Å²) in [4.78, 5) is 23.1. The Morgan fingerprint density at radius 2 is 1.93 bits per heavy atom. The predicted molar refractivity (Wildman–Crippen MR) is 104 cm³/mol. The number of benzene rings is 1. The molecule has 1 aromatic carbocycles. The lowest BCUT2D eigenvalue weighted by atomic mass is 9.54. The number of aliphatic hydroxyl groups excluding tert-OH is 2.